The second-order valence-electron chi connectivity index (χ2n) is 4.49. The van der Waals surface area contributed by atoms with E-state index >= 15 is 0 Å². The van der Waals surface area contributed by atoms with E-state index in [0.29, 0.717) is 12.6 Å². The third-order valence-corrected chi connectivity index (χ3v) is 3.51. The monoisotopic (exact) mass is 227 g/mol. The number of hydrogen-bond acceptors (Lipinski definition) is 4. The van der Waals surface area contributed by atoms with Crippen LogP contribution >= 0.6 is 0 Å². The Morgan fingerprint density at radius 3 is 2.81 bits per heavy atom. The molecule has 0 N–H and O–H groups in total. The van der Waals surface area contributed by atoms with Crippen molar-refractivity contribution in [1.82, 2.24) is 4.90 Å². The number of carbonyl (C=O) groups is 1. The molecular formula is C12H21NO3. The Kier molecular flexibility index (Phi) is 4.18. The van der Waals surface area contributed by atoms with Crippen LogP contribution in [-0.2, 0) is 14.3 Å². The predicted octanol–water partition coefficient (Wildman–Crippen LogP) is 1.19. The number of esters is 1. The van der Waals surface area contributed by atoms with Gasteiger partial charge in [-0.1, -0.05) is 0 Å². The highest BCUT2D eigenvalue weighted by Gasteiger charge is 2.36. The number of carbonyl (C=O) groups excluding carboxylic acids is 1. The summed E-state index contributed by atoms with van der Waals surface area (Å²) < 4.78 is 10.5. The molecule has 0 bridgehead atoms. The fourth-order valence-corrected chi connectivity index (χ4v) is 2.73. The van der Waals surface area contributed by atoms with Crippen LogP contribution in [0.2, 0.25) is 0 Å². The number of ether oxygens (including phenoxy) is 2. The van der Waals surface area contributed by atoms with Crippen molar-refractivity contribution in [2.24, 2.45) is 0 Å². The van der Waals surface area contributed by atoms with Gasteiger partial charge in [-0.15, -0.1) is 0 Å². The van der Waals surface area contributed by atoms with Crippen LogP contribution < -0.4 is 0 Å². The van der Waals surface area contributed by atoms with E-state index in [2.05, 4.69) is 4.90 Å². The van der Waals surface area contributed by atoms with Crippen molar-refractivity contribution in [1.29, 1.82) is 0 Å². The van der Waals surface area contributed by atoms with Crippen LogP contribution in [0.1, 0.15) is 32.6 Å². The number of likely N-dealkylation sites (tertiary alicyclic amines) is 1. The van der Waals surface area contributed by atoms with Gasteiger partial charge >= 0.3 is 5.97 Å². The molecule has 0 spiro atoms. The van der Waals surface area contributed by atoms with Crippen LogP contribution in [0.5, 0.6) is 0 Å². The standard InChI is InChI=1S/C12H21NO3/c1-2-16-12(14)11-4-3-7-13(11)10-5-8-15-9-6-10/h10-11H,2-9H2,1H3. The summed E-state index contributed by atoms with van der Waals surface area (Å²) in [5.74, 6) is -0.0357. The molecule has 2 saturated heterocycles. The van der Waals surface area contributed by atoms with E-state index in [4.69, 9.17) is 9.47 Å². The molecule has 2 aliphatic rings. The van der Waals surface area contributed by atoms with E-state index in [0.717, 1.165) is 45.4 Å². The Bertz CT molecular complexity index is 238. The van der Waals surface area contributed by atoms with Crippen molar-refractivity contribution in [3.63, 3.8) is 0 Å². The molecule has 2 aliphatic heterocycles. The highest BCUT2D eigenvalue weighted by molar-refractivity contribution is 5.76. The molecule has 0 aromatic heterocycles. The highest BCUT2D eigenvalue weighted by Crippen LogP contribution is 2.25. The fourth-order valence-electron chi connectivity index (χ4n) is 2.73. The van der Waals surface area contributed by atoms with Crippen molar-refractivity contribution in [2.45, 2.75) is 44.7 Å². The van der Waals surface area contributed by atoms with E-state index in [9.17, 15) is 4.79 Å². The van der Waals surface area contributed by atoms with Crippen LogP contribution in [0.3, 0.4) is 0 Å². The van der Waals surface area contributed by atoms with Crippen molar-refractivity contribution >= 4 is 5.97 Å². The van der Waals surface area contributed by atoms with E-state index in [-0.39, 0.29) is 12.0 Å². The van der Waals surface area contributed by atoms with Crippen molar-refractivity contribution in [3.05, 3.63) is 0 Å². The van der Waals surface area contributed by atoms with Crippen molar-refractivity contribution < 1.29 is 14.3 Å². The Morgan fingerprint density at radius 1 is 1.38 bits per heavy atom. The summed E-state index contributed by atoms with van der Waals surface area (Å²) in [5, 5.41) is 0. The topological polar surface area (TPSA) is 38.8 Å². The van der Waals surface area contributed by atoms with Gasteiger partial charge in [0.25, 0.3) is 0 Å². The molecular weight excluding hydrogens is 206 g/mol. The quantitative estimate of drug-likeness (QED) is 0.679. The second-order valence-corrected chi connectivity index (χ2v) is 4.49. The summed E-state index contributed by atoms with van der Waals surface area (Å²) in [6.45, 7) is 5.05. The molecule has 4 heteroatoms. The number of nitrogens with zero attached hydrogens (tertiary/aromatic N) is 1. The first-order valence-corrected chi connectivity index (χ1v) is 6.33. The first-order chi connectivity index (χ1) is 7.83. The molecule has 16 heavy (non-hydrogen) atoms. The van der Waals surface area contributed by atoms with Crippen LogP contribution in [0.4, 0.5) is 0 Å². The molecule has 0 amide bonds. The zero-order chi connectivity index (χ0) is 11.4. The van der Waals surface area contributed by atoms with Gasteiger partial charge in [-0.3, -0.25) is 9.69 Å². The maximum absolute atomic E-state index is 11.8. The third kappa shape index (κ3) is 2.55. The summed E-state index contributed by atoms with van der Waals surface area (Å²) in [7, 11) is 0. The fraction of sp³-hybridized carbons (Fsp3) is 0.917. The van der Waals surface area contributed by atoms with Gasteiger partial charge in [-0.05, 0) is 39.2 Å². The molecule has 0 aliphatic carbocycles. The first-order valence-electron chi connectivity index (χ1n) is 6.33. The molecule has 2 heterocycles. The largest absolute Gasteiger partial charge is 0.465 e. The zero-order valence-corrected chi connectivity index (χ0v) is 9.98. The normalized spacial score (nSPS) is 28.2. The average molecular weight is 227 g/mol. The van der Waals surface area contributed by atoms with Gasteiger partial charge in [0.2, 0.25) is 0 Å². The van der Waals surface area contributed by atoms with Crippen LogP contribution in [0, 0.1) is 0 Å². The minimum absolute atomic E-state index is 0.00282. The van der Waals surface area contributed by atoms with Gasteiger partial charge in [-0.2, -0.15) is 0 Å². The Balaban J connectivity index is 1.93. The Labute approximate surface area is 96.9 Å². The first kappa shape index (κ1) is 11.9. The lowest BCUT2D eigenvalue weighted by Gasteiger charge is -2.34. The molecule has 0 aromatic carbocycles. The molecule has 0 saturated carbocycles. The molecule has 4 nitrogen and oxygen atoms in total. The minimum Gasteiger partial charge on any atom is -0.465 e. The van der Waals surface area contributed by atoms with Gasteiger partial charge in [0.15, 0.2) is 0 Å². The number of hydrogen-bond donors (Lipinski definition) is 0. The molecule has 1 unspecified atom stereocenters. The van der Waals surface area contributed by atoms with E-state index in [1.807, 2.05) is 6.92 Å². The van der Waals surface area contributed by atoms with E-state index in [1.54, 1.807) is 0 Å². The van der Waals surface area contributed by atoms with Crippen LogP contribution in [0.25, 0.3) is 0 Å². The molecule has 0 radical (unpaired) electrons. The maximum atomic E-state index is 11.8. The number of rotatable bonds is 3. The summed E-state index contributed by atoms with van der Waals surface area (Å²) in [4.78, 5) is 14.1. The molecule has 2 fully saturated rings. The summed E-state index contributed by atoms with van der Waals surface area (Å²) in [5.41, 5.74) is 0. The zero-order valence-electron chi connectivity index (χ0n) is 9.98. The van der Waals surface area contributed by atoms with Gasteiger partial charge in [0.1, 0.15) is 6.04 Å². The van der Waals surface area contributed by atoms with Gasteiger partial charge in [-0.25, -0.2) is 0 Å². The molecule has 0 aromatic rings. The van der Waals surface area contributed by atoms with Crippen molar-refractivity contribution in [2.75, 3.05) is 26.4 Å². The Hall–Kier alpha value is -0.610. The van der Waals surface area contributed by atoms with Crippen molar-refractivity contribution in [3.8, 4) is 0 Å². The SMILES string of the molecule is CCOC(=O)C1CCCN1C1CCOCC1. The van der Waals surface area contributed by atoms with Crippen LogP contribution in [-0.4, -0.2) is 49.3 Å². The minimum atomic E-state index is -0.0357. The lowest BCUT2D eigenvalue weighted by atomic mass is 10.1. The maximum Gasteiger partial charge on any atom is 0.323 e. The third-order valence-electron chi connectivity index (χ3n) is 3.51. The Morgan fingerprint density at radius 2 is 2.12 bits per heavy atom. The smallest absolute Gasteiger partial charge is 0.323 e. The van der Waals surface area contributed by atoms with Gasteiger partial charge < -0.3 is 9.47 Å². The second kappa shape index (κ2) is 5.64. The lowest BCUT2D eigenvalue weighted by molar-refractivity contribution is -0.149. The lowest BCUT2D eigenvalue weighted by Crippen LogP contribution is -2.46. The summed E-state index contributed by atoms with van der Waals surface area (Å²) in [6, 6.07) is 0.522. The highest BCUT2D eigenvalue weighted by atomic mass is 16.5. The van der Waals surface area contributed by atoms with Gasteiger partial charge in [0.05, 0.1) is 6.61 Å². The predicted molar refractivity (Wildman–Crippen MR) is 60.2 cm³/mol. The summed E-state index contributed by atoms with van der Waals surface area (Å²) >= 11 is 0. The van der Waals surface area contributed by atoms with E-state index < -0.39 is 0 Å². The average Bonchev–Trinajstić information content (AvgIpc) is 2.79. The van der Waals surface area contributed by atoms with Gasteiger partial charge in [0, 0.05) is 19.3 Å². The van der Waals surface area contributed by atoms with E-state index in [1.165, 1.54) is 0 Å². The summed E-state index contributed by atoms with van der Waals surface area (Å²) in [6.07, 6.45) is 4.17. The molecule has 1 atom stereocenters. The van der Waals surface area contributed by atoms with Crippen LogP contribution in [0.15, 0.2) is 0 Å². The molecule has 92 valence electrons. The molecule has 2 rings (SSSR count).